The fourth-order valence-electron chi connectivity index (χ4n) is 4.57. The minimum absolute atomic E-state index is 0.224. The number of aryl methyl sites for hydroxylation is 3. The van der Waals surface area contributed by atoms with Gasteiger partial charge >= 0.3 is 0 Å². The summed E-state index contributed by atoms with van der Waals surface area (Å²) < 4.78 is 10.9. The first-order chi connectivity index (χ1) is 13.0. The fourth-order valence-corrected chi connectivity index (χ4v) is 4.57. The average molecular weight is 371 g/mol. The van der Waals surface area contributed by atoms with Crippen molar-refractivity contribution in [1.29, 1.82) is 0 Å². The predicted molar refractivity (Wildman–Crippen MR) is 101 cm³/mol. The Balaban J connectivity index is 1.33. The lowest BCUT2D eigenvalue weighted by molar-refractivity contribution is -0.132. The summed E-state index contributed by atoms with van der Waals surface area (Å²) in [5.74, 6) is 3.25. The Bertz CT molecular complexity index is 795. The number of amides is 1. The van der Waals surface area contributed by atoms with E-state index in [1.807, 2.05) is 18.7 Å². The lowest BCUT2D eigenvalue weighted by Gasteiger charge is -2.31. The van der Waals surface area contributed by atoms with E-state index >= 15 is 0 Å². The lowest BCUT2D eigenvalue weighted by atomic mass is 9.83. The molecule has 0 saturated carbocycles. The summed E-state index contributed by atoms with van der Waals surface area (Å²) in [5.41, 5.74) is 4.49. The normalized spacial score (nSPS) is 20.7. The summed E-state index contributed by atoms with van der Waals surface area (Å²) in [4.78, 5) is 14.6. The number of fused-ring (bicyclic) bond motifs is 1. The summed E-state index contributed by atoms with van der Waals surface area (Å²) in [6.07, 6.45) is 6.48. The monoisotopic (exact) mass is 371 g/mol. The van der Waals surface area contributed by atoms with Crippen LogP contribution >= 0.6 is 0 Å². The quantitative estimate of drug-likeness (QED) is 0.818. The van der Waals surface area contributed by atoms with Gasteiger partial charge in [0.1, 0.15) is 11.5 Å². The van der Waals surface area contributed by atoms with Crippen molar-refractivity contribution in [2.24, 2.45) is 5.92 Å². The largest absolute Gasteiger partial charge is 0.361 e. The molecule has 0 aromatic carbocycles. The number of rotatable bonds is 4. The molecular formula is C21H29N3O3. The molecular weight excluding hydrogens is 342 g/mol. The Morgan fingerprint density at radius 3 is 2.63 bits per heavy atom. The Morgan fingerprint density at radius 2 is 1.93 bits per heavy atom. The zero-order valence-electron chi connectivity index (χ0n) is 16.6. The maximum absolute atomic E-state index is 12.6. The first-order valence-corrected chi connectivity index (χ1v) is 10.2. The second-order valence-corrected chi connectivity index (χ2v) is 8.28. The number of carbonyl (C=O) groups excluding carboxylic acids is 1. The first kappa shape index (κ1) is 18.3. The van der Waals surface area contributed by atoms with Gasteiger partial charge in [-0.25, -0.2) is 0 Å². The van der Waals surface area contributed by atoms with Crippen molar-refractivity contribution in [2.45, 2.75) is 71.6 Å². The van der Waals surface area contributed by atoms with E-state index < -0.39 is 0 Å². The summed E-state index contributed by atoms with van der Waals surface area (Å²) in [5, 5.41) is 8.29. The van der Waals surface area contributed by atoms with Gasteiger partial charge in [0, 0.05) is 36.6 Å². The third-order valence-electron chi connectivity index (χ3n) is 6.32. The van der Waals surface area contributed by atoms with E-state index in [0.717, 1.165) is 61.6 Å². The van der Waals surface area contributed by atoms with Crippen LogP contribution in [-0.2, 0) is 24.1 Å². The van der Waals surface area contributed by atoms with Gasteiger partial charge in [0.25, 0.3) is 0 Å². The number of hydrogen-bond acceptors (Lipinski definition) is 5. The lowest BCUT2D eigenvalue weighted by Crippen LogP contribution is -2.38. The summed E-state index contributed by atoms with van der Waals surface area (Å²) in [6.45, 7) is 7.75. The first-order valence-electron chi connectivity index (χ1n) is 10.2. The maximum Gasteiger partial charge on any atom is 0.222 e. The number of carbonyl (C=O) groups is 1. The molecule has 6 heteroatoms. The molecule has 1 saturated heterocycles. The van der Waals surface area contributed by atoms with Crippen molar-refractivity contribution in [1.82, 2.24) is 15.2 Å². The number of aromatic nitrogens is 2. The van der Waals surface area contributed by atoms with Gasteiger partial charge in [-0.3, -0.25) is 4.79 Å². The zero-order chi connectivity index (χ0) is 19.0. The van der Waals surface area contributed by atoms with E-state index in [2.05, 4.69) is 17.2 Å². The van der Waals surface area contributed by atoms with Gasteiger partial charge < -0.3 is 13.9 Å². The summed E-state index contributed by atoms with van der Waals surface area (Å²) in [7, 11) is 0. The molecule has 0 bridgehead atoms. The molecule has 2 aromatic heterocycles. The van der Waals surface area contributed by atoms with Crippen LogP contribution in [0.25, 0.3) is 0 Å². The van der Waals surface area contributed by atoms with Crippen LogP contribution in [0.2, 0.25) is 0 Å². The van der Waals surface area contributed by atoms with Gasteiger partial charge in [-0.1, -0.05) is 17.2 Å². The topological polar surface area (TPSA) is 72.4 Å². The zero-order valence-corrected chi connectivity index (χ0v) is 16.6. The standard InChI is InChI=1S/C21H29N3O3/c1-13-4-6-19-18(12-13)21(27-23-19)16-8-10-24(11-9-16)20(25)7-5-17-14(2)22-26-15(17)3/h13,16H,4-12H2,1-3H3/t13-/m1/s1. The van der Waals surface area contributed by atoms with E-state index in [1.54, 1.807) is 0 Å². The second kappa shape index (κ2) is 7.49. The molecule has 27 heavy (non-hydrogen) atoms. The Kier molecular flexibility index (Phi) is 5.06. The van der Waals surface area contributed by atoms with Crippen molar-refractivity contribution < 1.29 is 13.8 Å². The highest BCUT2D eigenvalue weighted by atomic mass is 16.5. The molecule has 0 unspecified atom stereocenters. The number of likely N-dealkylation sites (tertiary alicyclic amines) is 1. The van der Waals surface area contributed by atoms with Gasteiger partial charge in [0.15, 0.2) is 0 Å². The Hall–Kier alpha value is -2.11. The molecule has 4 rings (SSSR count). The molecule has 1 fully saturated rings. The molecule has 1 aliphatic carbocycles. The van der Waals surface area contributed by atoms with Gasteiger partial charge in [-0.05, 0) is 58.3 Å². The van der Waals surface area contributed by atoms with Crippen molar-refractivity contribution in [3.05, 3.63) is 34.0 Å². The van der Waals surface area contributed by atoms with Gasteiger partial charge in [0.05, 0.1) is 11.4 Å². The second-order valence-electron chi connectivity index (χ2n) is 8.28. The molecule has 2 aliphatic rings. The number of hydrogen-bond donors (Lipinski definition) is 0. The van der Waals surface area contributed by atoms with Gasteiger partial charge in [-0.2, -0.15) is 0 Å². The van der Waals surface area contributed by atoms with Crippen LogP contribution in [0, 0.1) is 19.8 Å². The van der Waals surface area contributed by atoms with Crippen molar-refractivity contribution >= 4 is 5.91 Å². The van der Waals surface area contributed by atoms with Crippen LogP contribution in [0.5, 0.6) is 0 Å². The van der Waals surface area contributed by atoms with Crippen LogP contribution in [0.1, 0.15) is 72.6 Å². The SMILES string of the molecule is Cc1noc(C)c1CCC(=O)N1CCC(c2onc3c2C[C@H](C)CC3)CC1. The average Bonchev–Trinajstić information content (AvgIpc) is 3.23. The molecule has 0 spiro atoms. The van der Waals surface area contributed by atoms with Gasteiger partial charge in [-0.15, -0.1) is 0 Å². The van der Waals surface area contributed by atoms with Gasteiger partial charge in [0.2, 0.25) is 5.91 Å². The smallest absolute Gasteiger partial charge is 0.222 e. The highest BCUT2D eigenvalue weighted by molar-refractivity contribution is 5.76. The summed E-state index contributed by atoms with van der Waals surface area (Å²) in [6, 6.07) is 0. The molecule has 1 atom stereocenters. The molecule has 0 N–H and O–H groups in total. The third kappa shape index (κ3) is 3.66. The Morgan fingerprint density at radius 1 is 1.15 bits per heavy atom. The van der Waals surface area contributed by atoms with Crippen molar-refractivity contribution in [3.63, 3.8) is 0 Å². The van der Waals surface area contributed by atoms with E-state index in [-0.39, 0.29) is 5.91 Å². The van der Waals surface area contributed by atoms with E-state index in [1.165, 1.54) is 17.7 Å². The minimum Gasteiger partial charge on any atom is -0.361 e. The van der Waals surface area contributed by atoms with Crippen LogP contribution in [0.4, 0.5) is 0 Å². The molecule has 2 aromatic rings. The predicted octanol–water partition coefficient (Wildman–Crippen LogP) is 3.74. The molecule has 0 radical (unpaired) electrons. The van der Waals surface area contributed by atoms with Crippen molar-refractivity contribution in [2.75, 3.05) is 13.1 Å². The van der Waals surface area contributed by atoms with E-state index in [4.69, 9.17) is 9.05 Å². The third-order valence-corrected chi connectivity index (χ3v) is 6.32. The molecule has 146 valence electrons. The van der Waals surface area contributed by atoms with E-state index in [0.29, 0.717) is 24.7 Å². The molecule has 1 aliphatic heterocycles. The fraction of sp³-hybridized carbons (Fsp3) is 0.667. The number of nitrogens with zero attached hydrogens (tertiary/aromatic N) is 3. The molecule has 1 amide bonds. The molecule has 6 nitrogen and oxygen atoms in total. The number of piperidine rings is 1. The highest BCUT2D eigenvalue weighted by Crippen LogP contribution is 2.36. The Labute approximate surface area is 160 Å². The minimum atomic E-state index is 0.224. The van der Waals surface area contributed by atoms with Crippen LogP contribution in [0.3, 0.4) is 0 Å². The van der Waals surface area contributed by atoms with E-state index in [9.17, 15) is 4.79 Å². The maximum atomic E-state index is 12.6. The van der Waals surface area contributed by atoms with Crippen LogP contribution in [-0.4, -0.2) is 34.2 Å². The van der Waals surface area contributed by atoms with Crippen LogP contribution < -0.4 is 0 Å². The summed E-state index contributed by atoms with van der Waals surface area (Å²) >= 11 is 0. The van der Waals surface area contributed by atoms with Crippen LogP contribution in [0.15, 0.2) is 9.05 Å². The molecule has 3 heterocycles. The van der Waals surface area contributed by atoms with Crippen molar-refractivity contribution in [3.8, 4) is 0 Å². The highest BCUT2D eigenvalue weighted by Gasteiger charge is 2.31.